The fraction of sp³-hybridized carbons (Fsp3) is 0.143. The summed E-state index contributed by atoms with van der Waals surface area (Å²) < 4.78 is 29.5. The number of halogens is 2. The van der Waals surface area contributed by atoms with E-state index in [0.29, 0.717) is 40.2 Å². The fourth-order valence-corrected chi connectivity index (χ4v) is 4.46. The molecule has 6 rings (SSSR count). The topological polar surface area (TPSA) is 125 Å². The van der Waals surface area contributed by atoms with E-state index >= 15 is 4.39 Å². The van der Waals surface area contributed by atoms with Crippen molar-refractivity contribution in [2.45, 2.75) is 20.3 Å². The van der Waals surface area contributed by atoms with Crippen LogP contribution >= 0.6 is 0 Å². The van der Waals surface area contributed by atoms with Gasteiger partial charge in [0, 0.05) is 29.9 Å². The lowest BCUT2D eigenvalue weighted by atomic mass is 10.1. The van der Waals surface area contributed by atoms with Gasteiger partial charge in [0.25, 0.3) is 0 Å². The summed E-state index contributed by atoms with van der Waals surface area (Å²) in [4.78, 5) is 32.7. The molecule has 0 atom stereocenters. The van der Waals surface area contributed by atoms with Gasteiger partial charge < -0.3 is 10.3 Å². The summed E-state index contributed by atoms with van der Waals surface area (Å²) in [6.07, 6.45) is 6.43. The highest BCUT2D eigenvalue weighted by Gasteiger charge is 2.22. The monoisotopic (exact) mass is 524 g/mol. The first-order valence-corrected chi connectivity index (χ1v) is 12.3. The van der Waals surface area contributed by atoms with Crippen LogP contribution in [0.3, 0.4) is 0 Å². The molecule has 5 aromatic heterocycles. The average molecular weight is 525 g/mol. The molecule has 0 radical (unpaired) electrons. The predicted octanol–water partition coefficient (Wildman–Crippen LogP) is 5.89. The van der Waals surface area contributed by atoms with E-state index in [4.69, 9.17) is 0 Å². The Kier molecular flexibility index (Phi) is 6.02. The van der Waals surface area contributed by atoms with Crippen LogP contribution in [0.15, 0.2) is 61.2 Å². The van der Waals surface area contributed by atoms with Crippen LogP contribution in [0.5, 0.6) is 0 Å². The van der Waals surface area contributed by atoms with Crippen LogP contribution in [0.1, 0.15) is 20.3 Å². The van der Waals surface area contributed by atoms with E-state index < -0.39 is 5.82 Å². The minimum Gasteiger partial charge on any atom is -0.335 e. The maximum atomic E-state index is 16.0. The molecule has 11 heteroatoms. The van der Waals surface area contributed by atoms with Gasteiger partial charge in [-0.15, -0.1) is 0 Å². The van der Waals surface area contributed by atoms with Gasteiger partial charge in [0.15, 0.2) is 17.3 Å². The lowest BCUT2D eigenvalue weighted by Crippen LogP contribution is -2.14. The van der Waals surface area contributed by atoms with Crippen LogP contribution in [0.2, 0.25) is 0 Å². The van der Waals surface area contributed by atoms with Gasteiger partial charge in [0.2, 0.25) is 5.91 Å². The molecule has 5 heterocycles. The number of aromatic amines is 2. The molecule has 39 heavy (non-hydrogen) atoms. The highest BCUT2D eigenvalue weighted by molar-refractivity contribution is 5.97. The van der Waals surface area contributed by atoms with Gasteiger partial charge in [-0.2, -0.15) is 5.10 Å². The summed E-state index contributed by atoms with van der Waals surface area (Å²) in [5.74, 6) is -0.597. The second-order valence-electron chi connectivity index (χ2n) is 9.54. The number of hydrogen-bond acceptors (Lipinski definition) is 6. The minimum absolute atomic E-state index is 0.0545. The number of fused-ring (bicyclic) bond motifs is 2. The number of pyridine rings is 3. The molecule has 0 fully saturated rings. The molecular formula is C28H22F2N8O. The molecule has 0 saturated heterocycles. The zero-order valence-electron chi connectivity index (χ0n) is 21.0. The van der Waals surface area contributed by atoms with E-state index in [1.807, 2.05) is 13.8 Å². The summed E-state index contributed by atoms with van der Waals surface area (Å²) in [5.41, 5.74) is 4.10. The largest absolute Gasteiger partial charge is 0.335 e. The molecule has 1 aromatic carbocycles. The number of rotatable bonds is 6. The van der Waals surface area contributed by atoms with Crippen LogP contribution in [-0.4, -0.2) is 41.0 Å². The Morgan fingerprint density at radius 2 is 1.82 bits per heavy atom. The third-order valence-corrected chi connectivity index (χ3v) is 6.21. The summed E-state index contributed by atoms with van der Waals surface area (Å²) >= 11 is 0. The van der Waals surface area contributed by atoms with E-state index in [1.54, 1.807) is 30.5 Å². The minimum atomic E-state index is -0.615. The van der Waals surface area contributed by atoms with Crippen molar-refractivity contribution in [3.8, 4) is 33.9 Å². The molecule has 9 nitrogen and oxygen atoms in total. The number of imidazole rings is 1. The second kappa shape index (κ2) is 9.67. The molecule has 1 amide bonds. The first-order valence-electron chi connectivity index (χ1n) is 12.3. The van der Waals surface area contributed by atoms with Crippen LogP contribution in [-0.2, 0) is 4.79 Å². The Balaban J connectivity index is 1.41. The molecule has 0 aliphatic carbocycles. The third-order valence-electron chi connectivity index (χ3n) is 6.21. The molecule has 6 aromatic rings. The van der Waals surface area contributed by atoms with Crippen molar-refractivity contribution in [2.24, 2.45) is 5.92 Å². The normalized spacial score (nSPS) is 11.5. The van der Waals surface area contributed by atoms with Crippen LogP contribution < -0.4 is 5.32 Å². The lowest BCUT2D eigenvalue weighted by Gasteiger charge is -2.09. The summed E-state index contributed by atoms with van der Waals surface area (Å²) in [7, 11) is 0. The van der Waals surface area contributed by atoms with Crippen molar-refractivity contribution in [3.63, 3.8) is 0 Å². The van der Waals surface area contributed by atoms with Crippen LogP contribution in [0.4, 0.5) is 14.5 Å². The lowest BCUT2D eigenvalue weighted by molar-refractivity contribution is -0.116. The van der Waals surface area contributed by atoms with Crippen LogP contribution in [0, 0.1) is 17.6 Å². The Morgan fingerprint density at radius 3 is 2.62 bits per heavy atom. The number of anilines is 1. The number of nitrogens with zero attached hydrogens (tertiary/aromatic N) is 5. The summed E-state index contributed by atoms with van der Waals surface area (Å²) in [6.45, 7) is 3.90. The van der Waals surface area contributed by atoms with Crippen molar-refractivity contribution < 1.29 is 13.6 Å². The number of H-pyrrole nitrogens is 2. The molecule has 0 unspecified atom stereocenters. The molecular weight excluding hydrogens is 502 g/mol. The quantitative estimate of drug-likeness (QED) is 0.250. The smallest absolute Gasteiger partial charge is 0.224 e. The zero-order valence-corrected chi connectivity index (χ0v) is 21.0. The van der Waals surface area contributed by atoms with E-state index in [-0.39, 0.29) is 34.4 Å². The van der Waals surface area contributed by atoms with Crippen molar-refractivity contribution in [3.05, 3.63) is 72.8 Å². The first-order chi connectivity index (χ1) is 18.9. The molecule has 0 bridgehead atoms. The SMILES string of the molecule is CC(C)CC(=O)Nc1cncc(-c2ncc3[nH]nc(-c4nc5nccc(-c6ccc(F)cc6)c5[nH]4)c3c2F)c1. The number of carbonyl (C=O) groups excluding carboxylic acids is 1. The Bertz CT molecular complexity index is 1840. The number of carbonyl (C=O) groups is 1. The average Bonchev–Trinajstić information content (AvgIpc) is 3.54. The van der Waals surface area contributed by atoms with E-state index in [2.05, 4.69) is 40.4 Å². The number of benzene rings is 1. The third kappa shape index (κ3) is 4.58. The van der Waals surface area contributed by atoms with Gasteiger partial charge in [-0.1, -0.05) is 26.0 Å². The van der Waals surface area contributed by atoms with Crippen molar-refractivity contribution in [2.75, 3.05) is 5.32 Å². The molecule has 0 aliphatic heterocycles. The van der Waals surface area contributed by atoms with Gasteiger partial charge in [-0.05, 0) is 35.7 Å². The first kappa shape index (κ1) is 24.3. The molecule has 3 N–H and O–H groups in total. The zero-order chi connectivity index (χ0) is 27.1. The number of aromatic nitrogens is 7. The maximum absolute atomic E-state index is 16.0. The van der Waals surface area contributed by atoms with Gasteiger partial charge in [-0.25, -0.2) is 18.7 Å². The van der Waals surface area contributed by atoms with Crippen LogP contribution in [0.25, 0.3) is 56.0 Å². The van der Waals surface area contributed by atoms with E-state index in [0.717, 1.165) is 11.1 Å². The number of nitrogens with one attached hydrogen (secondary N) is 3. The molecule has 0 aliphatic rings. The Labute approximate surface area is 220 Å². The number of hydrogen-bond donors (Lipinski definition) is 3. The Morgan fingerprint density at radius 1 is 1.00 bits per heavy atom. The summed E-state index contributed by atoms with van der Waals surface area (Å²) in [6, 6.07) is 9.51. The maximum Gasteiger partial charge on any atom is 0.224 e. The molecule has 194 valence electrons. The van der Waals surface area contributed by atoms with Gasteiger partial charge in [0.1, 0.15) is 17.2 Å². The standard InChI is InChI=1S/C28H22F2N8O/c1-14(2)9-21(39)34-18-10-16(11-31-12-18)24-23(30)22-20(13-33-24)37-38-26(22)28-35-25-19(7-8-32-27(25)36-28)15-3-5-17(29)6-4-15/h3-8,10-14H,9H2,1-2H3,(H,34,39)(H,37,38)(H,32,35,36). The van der Waals surface area contributed by atoms with Gasteiger partial charge in [0.05, 0.1) is 34.5 Å². The highest BCUT2D eigenvalue weighted by Crippen LogP contribution is 2.34. The predicted molar refractivity (Wildman–Crippen MR) is 143 cm³/mol. The Hall–Kier alpha value is -5.06. The van der Waals surface area contributed by atoms with E-state index in [9.17, 15) is 9.18 Å². The fourth-order valence-electron chi connectivity index (χ4n) is 4.46. The second-order valence-corrected chi connectivity index (χ2v) is 9.54. The van der Waals surface area contributed by atoms with Crippen molar-refractivity contribution >= 4 is 33.7 Å². The van der Waals surface area contributed by atoms with E-state index in [1.165, 1.54) is 30.7 Å². The van der Waals surface area contributed by atoms with Gasteiger partial charge >= 0.3 is 0 Å². The highest BCUT2D eigenvalue weighted by atomic mass is 19.1. The number of amides is 1. The van der Waals surface area contributed by atoms with Crippen molar-refractivity contribution in [1.29, 1.82) is 0 Å². The summed E-state index contributed by atoms with van der Waals surface area (Å²) in [5, 5.41) is 10.1. The van der Waals surface area contributed by atoms with Gasteiger partial charge in [-0.3, -0.25) is 19.9 Å². The van der Waals surface area contributed by atoms with Crippen molar-refractivity contribution in [1.82, 2.24) is 35.1 Å². The molecule has 0 saturated carbocycles. The molecule has 0 spiro atoms.